The Morgan fingerprint density at radius 2 is 2.03 bits per heavy atom. The highest BCUT2D eigenvalue weighted by Crippen LogP contribution is 2.37. The van der Waals surface area contributed by atoms with Crippen molar-refractivity contribution in [2.45, 2.75) is 50.7 Å². The van der Waals surface area contributed by atoms with E-state index >= 15 is 0 Å². The molecule has 0 atom stereocenters. The molecule has 3 heterocycles. The van der Waals surface area contributed by atoms with E-state index in [-0.39, 0.29) is 23.7 Å². The van der Waals surface area contributed by atoms with E-state index in [2.05, 4.69) is 20.1 Å². The number of nitrogens with one attached hydrogen (secondary N) is 1. The van der Waals surface area contributed by atoms with Crippen molar-refractivity contribution in [1.82, 2.24) is 24.7 Å². The van der Waals surface area contributed by atoms with Crippen LogP contribution in [-0.2, 0) is 6.42 Å². The van der Waals surface area contributed by atoms with Crippen molar-refractivity contribution in [3.8, 4) is 17.2 Å². The largest absolute Gasteiger partial charge is 0.310 e. The summed E-state index contributed by atoms with van der Waals surface area (Å²) in [4.78, 5) is 24.3. The van der Waals surface area contributed by atoms with Crippen molar-refractivity contribution < 1.29 is 8.78 Å². The molecule has 1 saturated carbocycles. The van der Waals surface area contributed by atoms with Crippen LogP contribution in [0.15, 0.2) is 47.5 Å². The first-order chi connectivity index (χ1) is 16.3. The van der Waals surface area contributed by atoms with Crippen LogP contribution in [0, 0.1) is 17.1 Å². The second-order valence-corrected chi connectivity index (χ2v) is 9.01. The highest BCUT2D eigenvalue weighted by Gasteiger charge is 2.32. The first-order valence-electron chi connectivity index (χ1n) is 11.1. The van der Waals surface area contributed by atoms with E-state index in [1.807, 2.05) is 6.07 Å². The molecule has 4 aromatic rings. The minimum atomic E-state index is -1.18. The zero-order chi connectivity index (χ0) is 23.9. The molecule has 9 heteroatoms. The summed E-state index contributed by atoms with van der Waals surface area (Å²) in [6.45, 7) is 1.62. The summed E-state index contributed by atoms with van der Waals surface area (Å²) in [7, 11) is 0. The number of aromatic nitrogens is 5. The zero-order valence-corrected chi connectivity index (χ0v) is 18.6. The zero-order valence-electron chi connectivity index (χ0n) is 18.6. The number of alkyl halides is 1. The topological polar surface area (TPSA) is 100 Å². The van der Waals surface area contributed by atoms with Crippen molar-refractivity contribution in [3.05, 3.63) is 76.0 Å². The molecule has 0 spiro atoms. The number of hydrogen-bond acceptors (Lipinski definition) is 5. The second kappa shape index (κ2) is 8.45. The fourth-order valence-electron chi connectivity index (χ4n) is 4.57. The molecule has 5 rings (SSSR count). The lowest BCUT2D eigenvalue weighted by Crippen LogP contribution is -2.28. The molecule has 0 saturated heterocycles. The quantitative estimate of drug-likeness (QED) is 0.479. The third-order valence-corrected chi connectivity index (χ3v) is 6.47. The normalized spacial score (nSPS) is 20.4. The van der Waals surface area contributed by atoms with Crippen molar-refractivity contribution in [2.24, 2.45) is 0 Å². The van der Waals surface area contributed by atoms with Gasteiger partial charge in [0.25, 0.3) is 5.56 Å². The predicted octanol–water partition coefficient (Wildman–Crippen LogP) is 4.63. The summed E-state index contributed by atoms with van der Waals surface area (Å²) < 4.78 is 30.1. The molecule has 172 valence electrons. The van der Waals surface area contributed by atoms with Gasteiger partial charge in [-0.25, -0.2) is 23.4 Å². The monoisotopic (exact) mass is 460 g/mol. The van der Waals surface area contributed by atoms with E-state index in [4.69, 9.17) is 5.26 Å². The molecule has 34 heavy (non-hydrogen) atoms. The standard InChI is InChI=1S/C25H22F2N6O/c1-25(27)8-6-19(7-9-25)33-23-21(14-30-33)24(34)32-22(31-23)11-16-10-17(26)3-5-20(16)15-2-4-18(12-28)29-13-15/h2-5,10,13-14,19H,6-9,11H2,1H3,(H,31,32,34). The maximum atomic E-state index is 14.3. The lowest BCUT2D eigenvalue weighted by atomic mass is 9.85. The SMILES string of the molecule is CC1(F)CCC(n2ncc3c(=O)[nH]c(Cc4cc(F)ccc4-c4ccc(C#N)nc4)nc32)CC1. The van der Waals surface area contributed by atoms with Gasteiger partial charge in [-0.1, -0.05) is 6.07 Å². The molecule has 1 fully saturated rings. The summed E-state index contributed by atoms with van der Waals surface area (Å²) in [5, 5.41) is 13.7. The van der Waals surface area contributed by atoms with Crippen LogP contribution in [-0.4, -0.2) is 30.4 Å². The van der Waals surface area contributed by atoms with Gasteiger partial charge in [-0.05, 0) is 68.0 Å². The Balaban J connectivity index is 1.52. The molecular formula is C25H22F2N6O. The van der Waals surface area contributed by atoms with Crippen LogP contribution in [0.2, 0.25) is 0 Å². The third-order valence-electron chi connectivity index (χ3n) is 6.47. The number of nitriles is 1. The molecule has 0 radical (unpaired) electrons. The van der Waals surface area contributed by atoms with Gasteiger partial charge in [-0.15, -0.1) is 0 Å². The van der Waals surface area contributed by atoms with Crippen LogP contribution < -0.4 is 5.56 Å². The molecule has 7 nitrogen and oxygen atoms in total. The Kier molecular flexibility index (Phi) is 5.44. The first-order valence-corrected chi connectivity index (χ1v) is 11.1. The summed E-state index contributed by atoms with van der Waals surface area (Å²) in [5.41, 5.74) is 1.30. The van der Waals surface area contributed by atoms with Gasteiger partial charge in [0, 0.05) is 18.2 Å². The number of pyridine rings is 1. The Morgan fingerprint density at radius 3 is 2.74 bits per heavy atom. The van der Waals surface area contributed by atoms with Crippen LogP contribution in [0.4, 0.5) is 8.78 Å². The number of rotatable bonds is 4. The molecule has 1 aliphatic rings. The summed E-state index contributed by atoms with van der Waals surface area (Å²) in [6.07, 6.45) is 5.33. The maximum absolute atomic E-state index is 14.3. The van der Waals surface area contributed by atoms with Gasteiger partial charge < -0.3 is 4.98 Å². The van der Waals surface area contributed by atoms with Gasteiger partial charge in [0.1, 0.15) is 34.5 Å². The van der Waals surface area contributed by atoms with E-state index in [0.29, 0.717) is 48.1 Å². The summed E-state index contributed by atoms with van der Waals surface area (Å²) in [5.74, 6) is -0.0378. The Morgan fingerprint density at radius 1 is 1.24 bits per heavy atom. The number of nitrogens with zero attached hydrogens (tertiary/aromatic N) is 5. The minimum Gasteiger partial charge on any atom is -0.310 e. The third kappa shape index (κ3) is 4.19. The minimum absolute atomic E-state index is 0.0297. The highest BCUT2D eigenvalue weighted by molar-refractivity contribution is 5.73. The van der Waals surface area contributed by atoms with Crippen molar-refractivity contribution in [1.29, 1.82) is 5.26 Å². The fraction of sp³-hybridized carbons (Fsp3) is 0.320. The van der Waals surface area contributed by atoms with Crippen LogP contribution >= 0.6 is 0 Å². The number of hydrogen-bond donors (Lipinski definition) is 1. The van der Waals surface area contributed by atoms with Crippen LogP contribution in [0.25, 0.3) is 22.2 Å². The lowest BCUT2D eigenvalue weighted by molar-refractivity contribution is 0.103. The fourth-order valence-corrected chi connectivity index (χ4v) is 4.57. The Labute approximate surface area is 194 Å². The molecule has 0 aliphatic heterocycles. The summed E-state index contributed by atoms with van der Waals surface area (Å²) in [6, 6.07) is 9.69. The van der Waals surface area contributed by atoms with E-state index in [1.54, 1.807) is 36.0 Å². The van der Waals surface area contributed by atoms with Gasteiger partial charge in [0.2, 0.25) is 0 Å². The smallest absolute Gasteiger partial charge is 0.262 e. The number of H-pyrrole nitrogens is 1. The molecule has 1 aromatic carbocycles. The molecule has 1 aliphatic carbocycles. The molecule has 3 aromatic heterocycles. The van der Waals surface area contributed by atoms with Gasteiger partial charge in [0.05, 0.1) is 12.2 Å². The Hall–Kier alpha value is -3.93. The molecule has 0 unspecified atom stereocenters. The van der Waals surface area contributed by atoms with Crippen LogP contribution in [0.5, 0.6) is 0 Å². The average Bonchev–Trinajstić information content (AvgIpc) is 3.24. The molecule has 0 bridgehead atoms. The van der Waals surface area contributed by atoms with Crippen molar-refractivity contribution in [3.63, 3.8) is 0 Å². The van der Waals surface area contributed by atoms with E-state index in [1.165, 1.54) is 18.3 Å². The number of fused-ring (bicyclic) bond motifs is 1. The number of aromatic amines is 1. The maximum Gasteiger partial charge on any atom is 0.262 e. The summed E-state index contributed by atoms with van der Waals surface area (Å²) >= 11 is 0. The van der Waals surface area contributed by atoms with Crippen LogP contribution in [0.3, 0.4) is 0 Å². The second-order valence-electron chi connectivity index (χ2n) is 9.01. The van der Waals surface area contributed by atoms with Crippen molar-refractivity contribution in [2.75, 3.05) is 0 Å². The number of halogens is 2. The van der Waals surface area contributed by atoms with Gasteiger partial charge in [0.15, 0.2) is 5.65 Å². The molecule has 0 amide bonds. The Bertz CT molecular complexity index is 1460. The van der Waals surface area contributed by atoms with Crippen molar-refractivity contribution >= 4 is 11.0 Å². The van der Waals surface area contributed by atoms with Gasteiger partial charge >= 0.3 is 0 Å². The average molecular weight is 460 g/mol. The predicted molar refractivity (Wildman–Crippen MR) is 122 cm³/mol. The van der Waals surface area contributed by atoms with Crippen LogP contribution in [0.1, 0.15) is 55.7 Å². The molecule has 1 N–H and O–H groups in total. The lowest BCUT2D eigenvalue weighted by Gasteiger charge is -2.31. The number of benzene rings is 1. The highest BCUT2D eigenvalue weighted by atomic mass is 19.1. The van der Waals surface area contributed by atoms with E-state index in [9.17, 15) is 13.6 Å². The first kappa shape index (κ1) is 21.9. The van der Waals surface area contributed by atoms with E-state index < -0.39 is 11.5 Å². The van der Waals surface area contributed by atoms with Gasteiger partial charge in [-0.3, -0.25) is 4.79 Å². The van der Waals surface area contributed by atoms with E-state index in [0.717, 1.165) is 11.1 Å². The van der Waals surface area contributed by atoms with Gasteiger partial charge in [-0.2, -0.15) is 10.4 Å². The molecular weight excluding hydrogens is 438 g/mol.